The van der Waals surface area contributed by atoms with Gasteiger partial charge in [0.15, 0.2) is 12.0 Å². The first-order chi connectivity index (χ1) is 9.72. The van der Waals surface area contributed by atoms with Crippen LogP contribution in [0.15, 0.2) is 53.3 Å². The van der Waals surface area contributed by atoms with Crippen LogP contribution in [-0.2, 0) is 11.2 Å². The number of aromatic nitrogens is 1. The molecule has 3 rings (SSSR count). The minimum absolute atomic E-state index is 0.0104. The summed E-state index contributed by atoms with van der Waals surface area (Å²) in [5, 5.41) is 2.71. The van der Waals surface area contributed by atoms with Crippen LogP contribution in [0.3, 0.4) is 0 Å². The number of fused-ring (bicyclic) bond motifs is 1. The number of rotatable bonds is 3. The Labute approximate surface area is 114 Å². The second kappa shape index (κ2) is 5.13. The Hall–Kier alpha value is -2.69. The van der Waals surface area contributed by atoms with E-state index in [-0.39, 0.29) is 18.1 Å². The van der Waals surface area contributed by atoms with E-state index in [1.165, 1.54) is 12.5 Å². The van der Waals surface area contributed by atoms with E-state index in [1.807, 2.05) is 0 Å². The van der Waals surface area contributed by atoms with E-state index >= 15 is 0 Å². The van der Waals surface area contributed by atoms with Crippen LogP contribution in [0.5, 0.6) is 0 Å². The second-order valence-electron chi connectivity index (χ2n) is 4.35. The number of amides is 1. The van der Waals surface area contributed by atoms with Gasteiger partial charge in [0, 0.05) is 5.69 Å². The number of oxazole rings is 1. The van der Waals surface area contributed by atoms with Gasteiger partial charge in [-0.2, -0.15) is 0 Å². The van der Waals surface area contributed by atoms with Gasteiger partial charge in [-0.3, -0.25) is 4.79 Å². The highest BCUT2D eigenvalue weighted by molar-refractivity contribution is 5.94. The Morgan fingerprint density at radius 2 is 2.10 bits per heavy atom. The fraction of sp³-hybridized carbons (Fsp3) is 0.0667. The first-order valence-electron chi connectivity index (χ1n) is 6.09. The normalized spacial score (nSPS) is 10.7. The third kappa shape index (κ3) is 2.51. The van der Waals surface area contributed by atoms with E-state index < -0.39 is 0 Å². The van der Waals surface area contributed by atoms with Crippen LogP contribution < -0.4 is 5.32 Å². The zero-order valence-electron chi connectivity index (χ0n) is 10.5. The molecule has 2 aromatic carbocycles. The molecule has 1 heterocycles. The van der Waals surface area contributed by atoms with Crippen molar-refractivity contribution in [1.82, 2.24) is 4.98 Å². The van der Waals surface area contributed by atoms with Crippen molar-refractivity contribution in [2.45, 2.75) is 6.42 Å². The van der Waals surface area contributed by atoms with E-state index in [4.69, 9.17) is 4.42 Å². The van der Waals surface area contributed by atoms with Crippen LogP contribution in [0.25, 0.3) is 11.1 Å². The molecule has 0 spiro atoms. The lowest BCUT2D eigenvalue weighted by molar-refractivity contribution is -0.115. The van der Waals surface area contributed by atoms with Crippen LogP contribution in [0.2, 0.25) is 0 Å². The Morgan fingerprint density at radius 1 is 1.25 bits per heavy atom. The highest BCUT2D eigenvalue weighted by Gasteiger charge is 2.08. The molecule has 100 valence electrons. The summed E-state index contributed by atoms with van der Waals surface area (Å²) in [6.45, 7) is 0. The van der Waals surface area contributed by atoms with Crippen LogP contribution in [0, 0.1) is 5.82 Å². The summed E-state index contributed by atoms with van der Waals surface area (Å²) in [7, 11) is 0. The highest BCUT2D eigenvalue weighted by Crippen LogP contribution is 2.18. The molecule has 20 heavy (non-hydrogen) atoms. The standard InChI is InChI=1S/C15H11FN2O2/c16-12-4-2-1-3-10(12)7-15(19)18-11-5-6-14-13(8-11)17-9-20-14/h1-6,8-9H,7H2,(H,18,19). The number of benzene rings is 2. The quantitative estimate of drug-likeness (QED) is 0.795. The van der Waals surface area contributed by atoms with Gasteiger partial charge in [0.25, 0.3) is 0 Å². The molecular formula is C15H11FN2O2. The van der Waals surface area contributed by atoms with Crippen molar-refractivity contribution in [1.29, 1.82) is 0 Å². The summed E-state index contributed by atoms with van der Waals surface area (Å²) in [6, 6.07) is 11.4. The van der Waals surface area contributed by atoms with Crippen molar-refractivity contribution in [2.75, 3.05) is 5.32 Å². The summed E-state index contributed by atoms with van der Waals surface area (Å²) < 4.78 is 18.6. The largest absolute Gasteiger partial charge is 0.443 e. The van der Waals surface area contributed by atoms with E-state index in [2.05, 4.69) is 10.3 Å². The van der Waals surface area contributed by atoms with E-state index in [0.717, 1.165) is 0 Å². The molecule has 0 aliphatic rings. The molecule has 5 heteroatoms. The van der Waals surface area contributed by atoms with E-state index in [0.29, 0.717) is 22.4 Å². The molecule has 3 aromatic rings. The fourth-order valence-corrected chi connectivity index (χ4v) is 1.96. The first-order valence-corrected chi connectivity index (χ1v) is 6.09. The lowest BCUT2D eigenvalue weighted by Crippen LogP contribution is -2.15. The van der Waals surface area contributed by atoms with Crippen LogP contribution in [-0.4, -0.2) is 10.9 Å². The molecule has 0 aliphatic heterocycles. The second-order valence-corrected chi connectivity index (χ2v) is 4.35. The fourth-order valence-electron chi connectivity index (χ4n) is 1.96. The lowest BCUT2D eigenvalue weighted by atomic mass is 10.1. The van der Waals surface area contributed by atoms with Gasteiger partial charge in [0.1, 0.15) is 11.3 Å². The smallest absolute Gasteiger partial charge is 0.228 e. The number of halogens is 1. The van der Waals surface area contributed by atoms with Gasteiger partial charge in [-0.15, -0.1) is 0 Å². The van der Waals surface area contributed by atoms with Crippen molar-refractivity contribution in [3.63, 3.8) is 0 Å². The van der Waals surface area contributed by atoms with Gasteiger partial charge in [-0.25, -0.2) is 9.37 Å². The molecule has 0 fully saturated rings. The third-order valence-electron chi connectivity index (χ3n) is 2.92. The Balaban J connectivity index is 1.74. The topological polar surface area (TPSA) is 55.1 Å². The Kier molecular flexibility index (Phi) is 3.16. The molecule has 1 aromatic heterocycles. The maximum atomic E-state index is 13.5. The van der Waals surface area contributed by atoms with Gasteiger partial charge < -0.3 is 9.73 Å². The first kappa shape index (κ1) is 12.3. The highest BCUT2D eigenvalue weighted by atomic mass is 19.1. The van der Waals surface area contributed by atoms with Crippen molar-refractivity contribution < 1.29 is 13.6 Å². The van der Waals surface area contributed by atoms with E-state index in [9.17, 15) is 9.18 Å². The summed E-state index contributed by atoms with van der Waals surface area (Å²) >= 11 is 0. The summed E-state index contributed by atoms with van der Waals surface area (Å²) in [6.07, 6.45) is 1.33. The monoisotopic (exact) mass is 270 g/mol. The summed E-state index contributed by atoms with van der Waals surface area (Å²) in [5.41, 5.74) is 2.28. The predicted octanol–water partition coefficient (Wildman–Crippen LogP) is 3.15. The molecule has 0 saturated heterocycles. The van der Waals surface area contributed by atoms with Gasteiger partial charge in [-0.1, -0.05) is 18.2 Å². The average Bonchev–Trinajstić information content (AvgIpc) is 2.89. The Morgan fingerprint density at radius 3 is 2.95 bits per heavy atom. The zero-order valence-corrected chi connectivity index (χ0v) is 10.5. The minimum Gasteiger partial charge on any atom is -0.443 e. The van der Waals surface area contributed by atoms with Crippen LogP contribution in [0.4, 0.5) is 10.1 Å². The van der Waals surface area contributed by atoms with Gasteiger partial charge in [0.2, 0.25) is 5.91 Å². The number of hydrogen-bond donors (Lipinski definition) is 1. The summed E-state index contributed by atoms with van der Waals surface area (Å²) in [4.78, 5) is 15.9. The maximum Gasteiger partial charge on any atom is 0.228 e. The van der Waals surface area contributed by atoms with Gasteiger partial charge >= 0.3 is 0 Å². The third-order valence-corrected chi connectivity index (χ3v) is 2.92. The van der Waals surface area contributed by atoms with Crippen molar-refractivity contribution in [2.24, 2.45) is 0 Å². The Bertz CT molecular complexity index is 767. The SMILES string of the molecule is O=C(Cc1ccccc1F)Nc1ccc2ocnc2c1. The van der Waals surface area contributed by atoms with Gasteiger partial charge in [-0.05, 0) is 29.8 Å². The molecule has 1 N–H and O–H groups in total. The molecule has 0 aliphatic carbocycles. The van der Waals surface area contributed by atoms with Crippen LogP contribution >= 0.6 is 0 Å². The molecule has 0 unspecified atom stereocenters. The number of carbonyl (C=O) groups excluding carboxylic acids is 1. The number of nitrogens with zero attached hydrogens (tertiary/aromatic N) is 1. The molecule has 0 saturated carbocycles. The zero-order chi connectivity index (χ0) is 13.9. The van der Waals surface area contributed by atoms with Crippen molar-refractivity contribution >= 4 is 22.7 Å². The minimum atomic E-state index is -0.380. The molecular weight excluding hydrogens is 259 g/mol. The number of carbonyl (C=O) groups is 1. The molecule has 1 amide bonds. The van der Waals surface area contributed by atoms with E-state index in [1.54, 1.807) is 36.4 Å². The van der Waals surface area contributed by atoms with Gasteiger partial charge in [0.05, 0.1) is 6.42 Å². The predicted molar refractivity (Wildman–Crippen MR) is 72.7 cm³/mol. The number of nitrogens with one attached hydrogen (secondary N) is 1. The molecule has 0 atom stereocenters. The molecule has 0 bridgehead atoms. The molecule has 0 radical (unpaired) electrons. The number of anilines is 1. The maximum absolute atomic E-state index is 13.5. The summed E-state index contributed by atoms with van der Waals surface area (Å²) in [5.74, 6) is -0.660. The van der Waals surface area contributed by atoms with Crippen molar-refractivity contribution in [3.05, 3.63) is 60.2 Å². The lowest BCUT2D eigenvalue weighted by Gasteiger charge is -2.05. The molecule has 4 nitrogen and oxygen atoms in total. The average molecular weight is 270 g/mol. The van der Waals surface area contributed by atoms with Crippen molar-refractivity contribution in [3.8, 4) is 0 Å². The number of hydrogen-bond acceptors (Lipinski definition) is 3. The van der Waals surface area contributed by atoms with Crippen LogP contribution in [0.1, 0.15) is 5.56 Å².